The molecule has 2 saturated heterocycles. The van der Waals surface area contributed by atoms with Gasteiger partial charge in [-0.3, -0.25) is 19.3 Å². The third kappa shape index (κ3) is 3.94. The smallest absolute Gasteiger partial charge is 0.327 e. The van der Waals surface area contributed by atoms with Crippen LogP contribution in [0.4, 0.5) is 4.79 Å². The number of amides is 4. The Hall–Kier alpha value is -2.90. The molecule has 0 saturated carbocycles. The van der Waals surface area contributed by atoms with E-state index in [1.165, 1.54) is 0 Å². The number of nitrogens with zero attached hydrogens (tertiary/aromatic N) is 2. The minimum absolute atomic E-state index is 0.287. The Balaban J connectivity index is 1.74. The average molecular weight is 373 g/mol. The first-order valence-electron chi connectivity index (χ1n) is 8.97. The summed E-state index contributed by atoms with van der Waals surface area (Å²) in [4.78, 5) is 51.9. The highest BCUT2D eigenvalue weighted by molar-refractivity contribution is 6.08. The predicted octanol–water partition coefficient (Wildman–Crippen LogP) is 1.22. The van der Waals surface area contributed by atoms with Gasteiger partial charge in [-0.25, -0.2) is 4.79 Å². The second-order valence-corrected chi connectivity index (χ2v) is 7.26. The average Bonchev–Trinajstić information content (AvgIpc) is 3.23. The lowest BCUT2D eigenvalue weighted by atomic mass is 10.1. The van der Waals surface area contributed by atoms with Gasteiger partial charge in [0.1, 0.15) is 12.1 Å². The van der Waals surface area contributed by atoms with E-state index in [0.29, 0.717) is 18.7 Å². The highest BCUT2D eigenvalue weighted by Gasteiger charge is 2.45. The number of benzene rings is 1. The van der Waals surface area contributed by atoms with Crippen LogP contribution in [0, 0.1) is 0 Å². The molecule has 0 spiro atoms. The lowest BCUT2D eigenvalue weighted by Gasteiger charge is -2.24. The zero-order valence-electron chi connectivity index (χ0n) is 15.4. The molecule has 4 amide bonds. The van der Waals surface area contributed by atoms with Crippen LogP contribution in [-0.4, -0.2) is 58.8 Å². The van der Waals surface area contributed by atoms with Crippen molar-refractivity contribution in [2.45, 2.75) is 38.3 Å². The molecular weight excluding hydrogens is 350 g/mol. The van der Waals surface area contributed by atoms with Crippen molar-refractivity contribution in [3.05, 3.63) is 35.9 Å². The van der Waals surface area contributed by atoms with Crippen molar-refractivity contribution in [2.24, 2.45) is 0 Å². The van der Waals surface area contributed by atoms with E-state index in [0.717, 1.165) is 17.7 Å². The van der Waals surface area contributed by atoms with Crippen LogP contribution >= 0.6 is 0 Å². The van der Waals surface area contributed by atoms with Gasteiger partial charge in [0.25, 0.3) is 11.8 Å². The fourth-order valence-corrected chi connectivity index (χ4v) is 3.25. The summed E-state index contributed by atoms with van der Waals surface area (Å²) < 4.78 is 5.43. The van der Waals surface area contributed by atoms with E-state index in [1.54, 1.807) is 49.1 Å². The molecule has 2 aliphatic heterocycles. The first-order valence-corrected chi connectivity index (χ1v) is 8.97. The van der Waals surface area contributed by atoms with Gasteiger partial charge in [-0.2, -0.15) is 0 Å². The molecule has 0 bridgehead atoms. The largest absolute Gasteiger partial charge is 0.446 e. The first kappa shape index (κ1) is 18.9. The number of rotatable bonds is 5. The molecule has 2 heterocycles. The Morgan fingerprint density at radius 1 is 1.15 bits per heavy atom. The van der Waals surface area contributed by atoms with E-state index in [-0.39, 0.29) is 5.91 Å². The minimum atomic E-state index is -1.09. The van der Waals surface area contributed by atoms with Crippen molar-refractivity contribution in [1.82, 2.24) is 15.1 Å². The van der Waals surface area contributed by atoms with Crippen LogP contribution < -0.4 is 5.32 Å². The van der Waals surface area contributed by atoms with Crippen LogP contribution in [0.1, 0.15) is 38.4 Å². The Morgan fingerprint density at radius 3 is 2.33 bits per heavy atom. The lowest BCUT2D eigenvalue weighted by molar-refractivity contribution is -0.161. The maximum Gasteiger partial charge on any atom is 0.327 e. The third-order valence-corrected chi connectivity index (χ3v) is 4.73. The molecule has 8 nitrogen and oxygen atoms in total. The maximum atomic E-state index is 12.8. The number of nitrogens with one attached hydrogen (secondary N) is 1. The van der Waals surface area contributed by atoms with Crippen LogP contribution in [0.2, 0.25) is 0 Å². The van der Waals surface area contributed by atoms with Crippen molar-refractivity contribution in [3.63, 3.8) is 0 Å². The number of carbonyl (C=O) groups excluding carboxylic acids is 4. The van der Waals surface area contributed by atoms with Gasteiger partial charge in [-0.1, -0.05) is 30.3 Å². The van der Waals surface area contributed by atoms with Crippen molar-refractivity contribution >= 4 is 23.8 Å². The number of likely N-dealkylation sites (tertiary alicyclic amines) is 1. The molecule has 27 heavy (non-hydrogen) atoms. The summed E-state index contributed by atoms with van der Waals surface area (Å²) >= 11 is 0. The van der Waals surface area contributed by atoms with Gasteiger partial charge in [0.15, 0.2) is 0 Å². The number of urea groups is 1. The van der Waals surface area contributed by atoms with Crippen molar-refractivity contribution < 1.29 is 23.9 Å². The van der Waals surface area contributed by atoms with E-state index >= 15 is 0 Å². The first-order chi connectivity index (χ1) is 12.8. The SMILES string of the molecule is CC1(C)NC(=O)N(CC(=O)O[C@@H](C(=O)N2CCCC2)c2ccccc2)C1=O. The summed E-state index contributed by atoms with van der Waals surface area (Å²) in [5.41, 5.74) is -0.512. The molecule has 3 rings (SSSR count). The summed E-state index contributed by atoms with van der Waals surface area (Å²) in [6.45, 7) is 3.83. The number of esters is 1. The fraction of sp³-hybridized carbons (Fsp3) is 0.474. The highest BCUT2D eigenvalue weighted by Crippen LogP contribution is 2.24. The van der Waals surface area contributed by atoms with Gasteiger partial charge in [-0.05, 0) is 26.7 Å². The van der Waals surface area contributed by atoms with Gasteiger partial charge >= 0.3 is 12.0 Å². The molecule has 0 aliphatic carbocycles. The topological polar surface area (TPSA) is 96.0 Å². The summed E-state index contributed by atoms with van der Waals surface area (Å²) in [6.07, 6.45) is 0.739. The van der Waals surface area contributed by atoms with Gasteiger partial charge in [0.2, 0.25) is 6.10 Å². The van der Waals surface area contributed by atoms with Gasteiger partial charge in [0, 0.05) is 18.7 Å². The molecule has 0 aromatic heterocycles. The zero-order chi connectivity index (χ0) is 19.6. The van der Waals surface area contributed by atoms with E-state index in [2.05, 4.69) is 5.32 Å². The highest BCUT2D eigenvalue weighted by atomic mass is 16.5. The molecule has 1 aromatic rings. The summed E-state index contributed by atoms with van der Waals surface area (Å²) in [5.74, 6) is -1.60. The summed E-state index contributed by atoms with van der Waals surface area (Å²) in [5, 5.41) is 2.51. The predicted molar refractivity (Wildman–Crippen MR) is 95.4 cm³/mol. The van der Waals surface area contributed by atoms with Crippen molar-refractivity contribution in [3.8, 4) is 0 Å². The van der Waals surface area contributed by atoms with Crippen LogP contribution in [0.5, 0.6) is 0 Å². The molecule has 2 aliphatic rings. The van der Waals surface area contributed by atoms with Gasteiger partial charge < -0.3 is 15.0 Å². The van der Waals surface area contributed by atoms with Crippen molar-refractivity contribution in [1.29, 1.82) is 0 Å². The molecule has 144 valence electrons. The minimum Gasteiger partial charge on any atom is -0.446 e. The zero-order valence-corrected chi connectivity index (χ0v) is 15.4. The Kier molecular flexibility index (Phi) is 5.16. The van der Waals surface area contributed by atoms with Crippen LogP contribution in [-0.2, 0) is 19.1 Å². The van der Waals surface area contributed by atoms with E-state index in [4.69, 9.17) is 4.74 Å². The molecular formula is C19H23N3O5. The number of hydrogen-bond acceptors (Lipinski definition) is 5. The molecule has 1 N–H and O–H groups in total. The molecule has 0 radical (unpaired) electrons. The van der Waals surface area contributed by atoms with Gasteiger partial charge in [-0.15, -0.1) is 0 Å². The van der Waals surface area contributed by atoms with Crippen molar-refractivity contribution in [2.75, 3.05) is 19.6 Å². The Bertz CT molecular complexity index is 756. The monoisotopic (exact) mass is 373 g/mol. The quantitative estimate of drug-likeness (QED) is 0.618. The van der Waals surface area contributed by atoms with E-state index in [1.807, 2.05) is 0 Å². The number of carbonyl (C=O) groups is 4. The fourth-order valence-electron chi connectivity index (χ4n) is 3.25. The third-order valence-electron chi connectivity index (χ3n) is 4.73. The Morgan fingerprint density at radius 2 is 1.78 bits per heavy atom. The molecule has 8 heteroatoms. The van der Waals surface area contributed by atoms with Crippen LogP contribution in [0.15, 0.2) is 30.3 Å². The maximum absolute atomic E-state index is 12.8. The Labute approximate surface area is 157 Å². The van der Waals surface area contributed by atoms with Crippen LogP contribution in [0.3, 0.4) is 0 Å². The lowest BCUT2D eigenvalue weighted by Crippen LogP contribution is -2.42. The standard InChI is InChI=1S/C19H23N3O5/c1-19(2)17(25)22(18(26)20-19)12-14(23)27-15(13-8-4-3-5-9-13)16(24)21-10-6-7-11-21/h3-5,8-9,15H,6-7,10-12H2,1-2H3,(H,20,26)/t15-/m1/s1. The second kappa shape index (κ2) is 7.38. The summed E-state index contributed by atoms with van der Waals surface area (Å²) in [7, 11) is 0. The normalized spacial score (nSPS) is 19.8. The molecule has 2 fully saturated rings. The van der Waals surface area contributed by atoms with E-state index < -0.39 is 36.1 Å². The molecule has 1 aromatic carbocycles. The second-order valence-electron chi connectivity index (χ2n) is 7.26. The molecule has 1 atom stereocenters. The van der Waals surface area contributed by atoms with Gasteiger partial charge in [0.05, 0.1) is 0 Å². The molecule has 0 unspecified atom stereocenters. The van der Waals surface area contributed by atoms with Crippen LogP contribution in [0.25, 0.3) is 0 Å². The number of ether oxygens (including phenoxy) is 1. The number of hydrogen-bond donors (Lipinski definition) is 1. The summed E-state index contributed by atoms with van der Waals surface area (Å²) in [6, 6.07) is 8.09. The number of imide groups is 1. The van der Waals surface area contributed by atoms with E-state index in [9.17, 15) is 19.2 Å².